The molecular formula is C37H60O7. The molecule has 5 N–H and O–H groups in total. The molecule has 1 aliphatic heterocycles. The van der Waals surface area contributed by atoms with Gasteiger partial charge in [-0.2, -0.15) is 0 Å². The summed E-state index contributed by atoms with van der Waals surface area (Å²) >= 11 is 0. The molecule has 6 unspecified atom stereocenters. The van der Waals surface area contributed by atoms with Gasteiger partial charge in [-0.05, 0) is 122 Å². The second kappa shape index (κ2) is 10.3. The molecule has 6 aliphatic rings. The van der Waals surface area contributed by atoms with E-state index in [1.807, 2.05) is 0 Å². The van der Waals surface area contributed by atoms with Crippen molar-refractivity contribution in [3.8, 4) is 0 Å². The molecule has 6 rings (SSSR count). The summed E-state index contributed by atoms with van der Waals surface area (Å²) in [7, 11) is 0. The molecule has 5 fully saturated rings. The summed E-state index contributed by atoms with van der Waals surface area (Å²) in [6, 6.07) is 0. The molecule has 250 valence electrons. The van der Waals surface area contributed by atoms with E-state index >= 15 is 0 Å². The van der Waals surface area contributed by atoms with Gasteiger partial charge in [0.2, 0.25) is 0 Å². The van der Waals surface area contributed by atoms with Gasteiger partial charge in [0.1, 0.15) is 24.4 Å². The van der Waals surface area contributed by atoms with Gasteiger partial charge in [0.25, 0.3) is 0 Å². The average molecular weight is 617 g/mol. The lowest BCUT2D eigenvalue weighted by Crippen LogP contribution is -2.66. The fourth-order valence-electron chi connectivity index (χ4n) is 12.9. The third-order valence-corrected chi connectivity index (χ3v) is 15.8. The van der Waals surface area contributed by atoms with E-state index in [0.717, 1.165) is 64.2 Å². The second-order valence-electron chi connectivity index (χ2n) is 18.4. The van der Waals surface area contributed by atoms with Crippen LogP contribution in [0.2, 0.25) is 0 Å². The first kappa shape index (κ1) is 32.9. The summed E-state index contributed by atoms with van der Waals surface area (Å²) in [6.07, 6.45) is 5.37. The Morgan fingerprint density at radius 2 is 1.52 bits per heavy atom. The molecule has 7 nitrogen and oxygen atoms in total. The fraction of sp³-hybridized carbons (Fsp3) is 0.919. The number of hydrogen-bond donors (Lipinski definition) is 5. The van der Waals surface area contributed by atoms with Crippen LogP contribution in [0.4, 0.5) is 0 Å². The number of rotatable bonds is 3. The van der Waals surface area contributed by atoms with E-state index in [1.165, 1.54) is 5.57 Å². The zero-order valence-corrected chi connectivity index (χ0v) is 28.5. The Morgan fingerprint density at radius 3 is 2.18 bits per heavy atom. The van der Waals surface area contributed by atoms with Crippen LogP contribution in [-0.4, -0.2) is 68.1 Å². The number of fused-ring (bicyclic) bond motifs is 7. The van der Waals surface area contributed by atoms with Gasteiger partial charge >= 0.3 is 5.97 Å². The van der Waals surface area contributed by atoms with E-state index in [4.69, 9.17) is 4.74 Å². The van der Waals surface area contributed by atoms with Crippen LogP contribution < -0.4 is 0 Å². The fourth-order valence-corrected chi connectivity index (χ4v) is 12.9. The van der Waals surface area contributed by atoms with Crippen molar-refractivity contribution in [2.75, 3.05) is 0 Å². The topological polar surface area (TPSA) is 127 Å². The molecule has 14 atom stereocenters. The maximum absolute atomic E-state index is 12.9. The van der Waals surface area contributed by atoms with Crippen LogP contribution in [-0.2, 0) is 9.53 Å². The van der Waals surface area contributed by atoms with Crippen molar-refractivity contribution >= 4 is 5.97 Å². The standard InChI is InChI=1S/C37H60O7/c1-20-26(38)28(40)29(41)30(44-20)27(39)22-11-13-34(6)24(33(22,4)5)12-14-36(8)25(34)10-9-21-23-19-32(2,3)15-17-37(23,31(42)43)18-16-35(21,36)7/h9,20,22-30,38-41H,10-19H2,1-8H3,(H,42,43)/t20?,22-,23?,24?,25?,26-,27?,28?,29-,30-,34-,35+,36+,37-/m0/s1. The summed E-state index contributed by atoms with van der Waals surface area (Å²) in [5.41, 5.74) is 0.817. The third kappa shape index (κ3) is 4.27. The normalized spacial score (nSPS) is 53.6. The van der Waals surface area contributed by atoms with E-state index in [2.05, 4.69) is 54.5 Å². The van der Waals surface area contributed by atoms with Crippen molar-refractivity contribution in [1.82, 2.24) is 0 Å². The number of aliphatic carboxylic acids is 1. The van der Waals surface area contributed by atoms with Crippen molar-refractivity contribution in [3.05, 3.63) is 11.6 Å². The van der Waals surface area contributed by atoms with Crippen LogP contribution in [0.5, 0.6) is 0 Å². The summed E-state index contributed by atoms with van der Waals surface area (Å²) in [5.74, 6) is 0.225. The molecule has 0 aromatic rings. The van der Waals surface area contributed by atoms with Crippen LogP contribution in [0.1, 0.15) is 120 Å². The molecule has 4 saturated carbocycles. The van der Waals surface area contributed by atoms with E-state index in [1.54, 1.807) is 6.92 Å². The minimum absolute atomic E-state index is 0.0331. The molecule has 0 spiro atoms. The Labute approximate surface area is 264 Å². The van der Waals surface area contributed by atoms with Crippen LogP contribution in [0.15, 0.2) is 11.6 Å². The molecule has 0 radical (unpaired) electrons. The number of carboxylic acid groups (broad SMARTS) is 1. The summed E-state index contributed by atoms with van der Waals surface area (Å²) in [5, 5.41) is 54.0. The highest BCUT2D eigenvalue weighted by Gasteiger charge is 2.69. The SMILES string of the molecule is CC1O[C@@H](C(O)[C@@H]2CC[C@@]3(C)C(CC[C@]4(C)C3CC=C3C5CC(C)(C)CC[C@]5(C(=O)O)CC[C@]34C)C2(C)C)[C@@H](O)C(O)[C@H]1O. The molecule has 5 aliphatic carbocycles. The van der Waals surface area contributed by atoms with Gasteiger partial charge in [0.05, 0.1) is 17.6 Å². The Morgan fingerprint density at radius 1 is 0.864 bits per heavy atom. The number of aliphatic hydroxyl groups is 4. The third-order valence-electron chi connectivity index (χ3n) is 15.8. The molecule has 44 heavy (non-hydrogen) atoms. The molecule has 0 bridgehead atoms. The highest BCUT2D eigenvalue weighted by Crippen LogP contribution is 2.76. The van der Waals surface area contributed by atoms with Crippen molar-refractivity contribution in [1.29, 1.82) is 0 Å². The van der Waals surface area contributed by atoms with E-state index in [-0.39, 0.29) is 38.9 Å². The number of carboxylic acids is 1. The van der Waals surface area contributed by atoms with Crippen LogP contribution in [0.25, 0.3) is 0 Å². The van der Waals surface area contributed by atoms with Crippen molar-refractivity contribution < 1.29 is 35.1 Å². The number of carbonyl (C=O) groups is 1. The van der Waals surface area contributed by atoms with Gasteiger partial charge < -0.3 is 30.3 Å². The molecule has 0 amide bonds. The number of hydrogen-bond acceptors (Lipinski definition) is 6. The lowest BCUT2D eigenvalue weighted by atomic mass is 9.33. The lowest BCUT2D eigenvalue weighted by Gasteiger charge is -2.71. The molecule has 1 heterocycles. The molecule has 7 heteroatoms. The van der Waals surface area contributed by atoms with Gasteiger partial charge in [-0.3, -0.25) is 4.79 Å². The first-order valence-electron chi connectivity index (χ1n) is 17.6. The largest absolute Gasteiger partial charge is 0.481 e. The minimum atomic E-state index is -1.35. The molecule has 1 saturated heterocycles. The van der Waals surface area contributed by atoms with Gasteiger partial charge in [0, 0.05) is 0 Å². The van der Waals surface area contributed by atoms with Gasteiger partial charge in [-0.25, -0.2) is 0 Å². The van der Waals surface area contributed by atoms with Crippen LogP contribution in [0.3, 0.4) is 0 Å². The average Bonchev–Trinajstić information content (AvgIpc) is 2.93. The van der Waals surface area contributed by atoms with Gasteiger partial charge in [-0.15, -0.1) is 0 Å². The smallest absolute Gasteiger partial charge is 0.310 e. The Kier molecular flexibility index (Phi) is 7.67. The highest BCUT2D eigenvalue weighted by atomic mass is 16.5. The highest BCUT2D eigenvalue weighted by molar-refractivity contribution is 5.76. The monoisotopic (exact) mass is 616 g/mol. The predicted octanol–water partition coefficient (Wildman–Crippen LogP) is 5.72. The summed E-state index contributed by atoms with van der Waals surface area (Å²) < 4.78 is 5.95. The summed E-state index contributed by atoms with van der Waals surface area (Å²) in [6.45, 7) is 18.4. The van der Waals surface area contributed by atoms with Crippen LogP contribution >= 0.6 is 0 Å². The maximum atomic E-state index is 12.9. The lowest BCUT2D eigenvalue weighted by molar-refractivity contribution is -0.260. The number of allylic oxidation sites excluding steroid dienone is 2. The second-order valence-corrected chi connectivity index (χ2v) is 18.4. The molecule has 0 aromatic carbocycles. The maximum Gasteiger partial charge on any atom is 0.310 e. The first-order valence-corrected chi connectivity index (χ1v) is 17.6. The number of ether oxygens (including phenoxy) is 1. The van der Waals surface area contributed by atoms with Crippen molar-refractivity contribution in [3.63, 3.8) is 0 Å². The Balaban J connectivity index is 1.32. The van der Waals surface area contributed by atoms with E-state index < -0.39 is 48.0 Å². The van der Waals surface area contributed by atoms with Gasteiger partial charge in [-0.1, -0.05) is 60.1 Å². The quantitative estimate of drug-likeness (QED) is 0.257. The van der Waals surface area contributed by atoms with E-state index in [9.17, 15) is 30.3 Å². The minimum Gasteiger partial charge on any atom is -0.481 e. The molecule has 0 aromatic heterocycles. The van der Waals surface area contributed by atoms with E-state index in [0.29, 0.717) is 11.8 Å². The zero-order valence-electron chi connectivity index (χ0n) is 28.5. The molecular weight excluding hydrogens is 556 g/mol. The van der Waals surface area contributed by atoms with Crippen molar-refractivity contribution in [2.24, 2.45) is 56.2 Å². The first-order chi connectivity index (χ1) is 20.3. The van der Waals surface area contributed by atoms with Crippen LogP contribution in [0, 0.1) is 56.2 Å². The predicted molar refractivity (Wildman–Crippen MR) is 169 cm³/mol. The Bertz CT molecular complexity index is 1190. The van der Waals surface area contributed by atoms with Gasteiger partial charge in [0.15, 0.2) is 0 Å². The number of aliphatic hydroxyl groups excluding tert-OH is 4. The summed E-state index contributed by atoms with van der Waals surface area (Å²) in [4.78, 5) is 12.9. The van der Waals surface area contributed by atoms with Crippen molar-refractivity contribution in [2.45, 2.75) is 156 Å². The Hall–Kier alpha value is -0.990. The zero-order chi connectivity index (χ0) is 32.4.